The van der Waals surface area contributed by atoms with Gasteiger partial charge in [-0.25, -0.2) is 0 Å². The van der Waals surface area contributed by atoms with Crippen molar-refractivity contribution in [1.82, 2.24) is 0 Å². The average molecular weight is 292 g/mol. The van der Waals surface area contributed by atoms with E-state index in [4.69, 9.17) is 29.8 Å². The van der Waals surface area contributed by atoms with E-state index in [1.54, 1.807) is 0 Å². The smallest absolute Gasteiger partial charge is 0.340 e. The normalized spacial score (nSPS) is 16.2. The van der Waals surface area contributed by atoms with Crippen molar-refractivity contribution in [2.24, 2.45) is 5.92 Å². The highest BCUT2D eigenvalue weighted by molar-refractivity contribution is 7.54. The lowest BCUT2D eigenvalue weighted by Gasteiger charge is -2.21. The molecular weight excluding hydrogens is 282 g/mol. The van der Waals surface area contributed by atoms with Crippen LogP contribution in [0.15, 0.2) is 0 Å². The highest BCUT2D eigenvalue weighted by atomic mass is 31.2. The van der Waals surface area contributed by atoms with Crippen LogP contribution < -0.4 is 0 Å². The van der Waals surface area contributed by atoms with Crippen molar-refractivity contribution >= 4 is 27.1 Å². The third-order valence-corrected chi connectivity index (χ3v) is 3.92. The third kappa shape index (κ3) is 5.40. The van der Waals surface area contributed by atoms with Gasteiger partial charge in [-0.2, -0.15) is 0 Å². The number of carboxylic acids is 2. The fraction of sp³-hybridized carbons (Fsp3) is 0.600. The van der Waals surface area contributed by atoms with Gasteiger partial charge in [-0.05, 0) is 0 Å². The molecule has 0 saturated carbocycles. The molecule has 0 aliphatic heterocycles. The number of rotatable bonds is 6. The van der Waals surface area contributed by atoms with Crippen molar-refractivity contribution in [3.63, 3.8) is 0 Å². The Morgan fingerprint density at radius 3 is 1.53 bits per heavy atom. The predicted octanol–water partition coefficient (Wildman–Crippen LogP) is -1.50. The fourth-order valence-electron chi connectivity index (χ4n) is 1.12. The highest BCUT2D eigenvalue weighted by Gasteiger charge is 2.48. The summed E-state index contributed by atoms with van der Waals surface area (Å²) in [6.07, 6.45) is -1.47. The molecule has 0 bridgehead atoms. The Morgan fingerprint density at radius 2 is 1.35 bits per heavy atom. The maximum absolute atomic E-state index is 10.8. The first-order valence-corrected chi connectivity index (χ1v) is 7.39. The molecule has 0 aromatic carbocycles. The lowest BCUT2D eigenvalue weighted by Crippen LogP contribution is -2.37. The summed E-state index contributed by atoms with van der Waals surface area (Å²) in [6, 6.07) is 0. The van der Waals surface area contributed by atoms with Crippen LogP contribution in [0.2, 0.25) is 0 Å². The molecule has 0 aliphatic rings. The molecule has 0 heterocycles. The van der Waals surface area contributed by atoms with Crippen molar-refractivity contribution in [3.05, 3.63) is 0 Å². The van der Waals surface area contributed by atoms with Crippen LogP contribution in [0.1, 0.15) is 0 Å². The van der Waals surface area contributed by atoms with Crippen LogP contribution in [-0.4, -0.2) is 53.5 Å². The van der Waals surface area contributed by atoms with E-state index in [9.17, 15) is 18.7 Å². The second-order valence-corrected chi connectivity index (χ2v) is 6.59. The summed E-state index contributed by atoms with van der Waals surface area (Å²) < 4.78 is 21.4. The molecule has 0 fully saturated rings. The minimum absolute atomic E-state index is 1.47. The molecule has 0 amide bonds. The van der Waals surface area contributed by atoms with E-state index < -0.39 is 44.9 Å². The summed E-state index contributed by atoms with van der Waals surface area (Å²) in [4.78, 5) is 55.6. The number of hydrogen-bond acceptors (Lipinski definition) is 4. The van der Waals surface area contributed by atoms with Gasteiger partial charge in [0.15, 0.2) is 5.66 Å². The molecule has 0 saturated heterocycles. The first-order valence-electron chi connectivity index (χ1n) is 3.91. The second kappa shape index (κ2) is 5.26. The zero-order valence-corrected chi connectivity index (χ0v) is 9.86. The van der Waals surface area contributed by atoms with E-state index in [0.29, 0.717) is 0 Å². The number of carboxylic acid groups (broad SMARTS) is 2. The molecular formula is C5H10O10P2. The largest absolute Gasteiger partial charge is 0.481 e. The minimum Gasteiger partial charge on any atom is -0.481 e. The lowest BCUT2D eigenvalue weighted by molar-refractivity contribution is -0.147. The molecule has 0 radical (unpaired) electrons. The van der Waals surface area contributed by atoms with Gasteiger partial charge in [0.1, 0.15) is 0 Å². The SMILES string of the molecule is O=C(O)C(CP(=O)(O)O)C(C(=O)O)P(=O)(O)O. The molecule has 12 heteroatoms. The van der Waals surface area contributed by atoms with Gasteiger partial charge in [0, 0.05) is 0 Å². The summed E-state index contributed by atoms with van der Waals surface area (Å²) in [7, 11) is -10.3. The van der Waals surface area contributed by atoms with Crippen LogP contribution in [0.5, 0.6) is 0 Å². The molecule has 0 aromatic heterocycles. The standard InChI is InChI=1S/C5H10O10P2/c6-4(7)2(1-16(10,11)12)3(5(8)9)17(13,14)15/h2-3H,1H2,(H,6,7)(H,8,9)(H2,10,11,12)(H2,13,14,15). The van der Waals surface area contributed by atoms with Crippen LogP contribution in [0.3, 0.4) is 0 Å². The van der Waals surface area contributed by atoms with Crippen LogP contribution in [0.4, 0.5) is 0 Å². The quantitative estimate of drug-likeness (QED) is 0.314. The van der Waals surface area contributed by atoms with Crippen molar-refractivity contribution in [3.8, 4) is 0 Å². The van der Waals surface area contributed by atoms with Crippen molar-refractivity contribution in [1.29, 1.82) is 0 Å². The first-order chi connectivity index (χ1) is 7.36. The number of hydrogen-bond donors (Lipinski definition) is 6. The van der Waals surface area contributed by atoms with Crippen molar-refractivity contribution < 1.29 is 48.5 Å². The predicted molar refractivity (Wildman–Crippen MR) is 51.5 cm³/mol. The van der Waals surface area contributed by atoms with Crippen LogP contribution >= 0.6 is 15.2 Å². The monoisotopic (exact) mass is 292 g/mol. The molecule has 17 heavy (non-hydrogen) atoms. The highest BCUT2D eigenvalue weighted by Crippen LogP contribution is 2.49. The van der Waals surface area contributed by atoms with Gasteiger partial charge in [0.2, 0.25) is 0 Å². The Hall–Kier alpha value is -0.760. The van der Waals surface area contributed by atoms with Crippen molar-refractivity contribution in [2.75, 3.05) is 6.16 Å². The Labute approximate surface area is 94.2 Å². The van der Waals surface area contributed by atoms with Gasteiger partial charge in [-0.15, -0.1) is 0 Å². The van der Waals surface area contributed by atoms with E-state index in [1.807, 2.05) is 0 Å². The molecule has 2 atom stereocenters. The number of aliphatic carboxylic acids is 2. The molecule has 100 valence electrons. The van der Waals surface area contributed by atoms with Gasteiger partial charge in [0.25, 0.3) is 0 Å². The summed E-state index contributed by atoms with van der Waals surface area (Å²) >= 11 is 0. The maximum Gasteiger partial charge on any atom is 0.340 e. The van der Waals surface area contributed by atoms with E-state index in [2.05, 4.69) is 0 Å². The van der Waals surface area contributed by atoms with E-state index in [1.165, 1.54) is 0 Å². The fourth-order valence-corrected chi connectivity index (χ4v) is 3.15. The minimum atomic E-state index is -5.35. The van der Waals surface area contributed by atoms with E-state index >= 15 is 0 Å². The van der Waals surface area contributed by atoms with Gasteiger partial charge in [-0.1, -0.05) is 0 Å². The first kappa shape index (κ1) is 16.2. The van der Waals surface area contributed by atoms with E-state index in [-0.39, 0.29) is 0 Å². The maximum atomic E-state index is 10.8. The Balaban J connectivity index is 5.43. The molecule has 0 spiro atoms. The van der Waals surface area contributed by atoms with Crippen LogP contribution in [0.25, 0.3) is 0 Å². The molecule has 0 rings (SSSR count). The zero-order valence-electron chi connectivity index (χ0n) is 8.07. The van der Waals surface area contributed by atoms with Gasteiger partial charge >= 0.3 is 27.1 Å². The summed E-state index contributed by atoms with van der Waals surface area (Å²) in [6.45, 7) is 0. The van der Waals surface area contributed by atoms with Gasteiger partial charge < -0.3 is 29.8 Å². The molecule has 10 nitrogen and oxygen atoms in total. The Bertz CT molecular complexity index is 403. The van der Waals surface area contributed by atoms with E-state index in [0.717, 1.165) is 0 Å². The number of carbonyl (C=O) groups is 2. The molecule has 6 N–H and O–H groups in total. The summed E-state index contributed by atoms with van der Waals surface area (Å²) in [5.41, 5.74) is -2.70. The molecule has 2 unspecified atom stereocenters. The molecule has 0 aliphatic carbocycles. The summed E-state index contributed by atoms with van der Waals surface area (Å²) in [5, 5.41) is 17.1. The van der Waals surface area contributed by atoms with Crippen LogP contribution in [-0.2, 0) is 18.7 Å². The average Bonchev–Trinajstić information content (AvgIpc) is 1.96. The van der Waals surface area contributed by atoms with Crippen LogP contribution in [0, 0.1) is 5.92 Å². The topological polar surface area (TPSA) is 190 Å². The molecule has 0 aromatic rings. The van der Waals surface area contributed by atoms with Gasteiger partial charge in [0.05, 0.1) is 12.1 Å². The Morgan fingerprint density at radius 1 is 0.941 bits per heavy atom. The van der Waals surface area contributed by atoms with Gasteiger partial charge in [-0.3, -0.25) is 18.7 Å². The second-order valence-electron chi connectivity index (χ2n) is 3.16. The summed E-state index contributed by atoms with van der Waals surface area (Å²) in [5.74, 6) is -6.53. The lowest BCUT2D eigenvalue weighted by atomic mass is 10.1. The zero-order chi connectivity index (χ0) is 14.0. The third-order valence-electron chi connectivity index (χ3n) is 1.75. The van der Waals surface area contributed by atoms with Crippen molar-refractivity contribution in [2.45, 2.75) is 5.66 Å². The Kier molecular flexibility index (Phi) is 5.02.